The number of ether oxygens (including phenoxy) is 1. The summed E-state index contributed by atoms with van der Waals surface area (Å²) in [4.78, 5) is 0. The van der Waals surface area contributed by atoms with Crippen LogP contribution in [-0.4, -0.2) is 12.7 Å². The summed E-state index contributed by atoms with van der Waals surface area (Å²) in [5.74, 6) is 0.439. The van der Waals surface area contributed by atoms with Gasteiger partial charge >= 0.3 is 0 Å². The van der Waals surface area contributed by atoms with Crippen LogP contribution in [0.1, 0.15) is 44.1 Å². The first-order chi connectivity index (χ1) is 9.74. The zero-order chi connectivity index (χ0) is 14.0. The first-order valence-corrected chi connectivity index (χ1v) is 7.53. The molecule has 3 heteroatoms. The molecular formula is C17H20FNO. The number of nitrogens with zero attached hydrogens (tertiary/aromatic N) is 1. The molecule has 1 aromatic carbocycles. The molecule has 2 aliphatic rings. The lowest BCUT2D eigenvalue weighted by atomic mass is 9.68. The second-order valence-electron chi connectivity index (χ2n) is 6.10. The largest absolute Gasteiger partial charge is 0.376 e. The average Bonchev–Trinajstić information content (AvgIpc) is 3.30. The maximum atomic E-state index is 13.1. The fourth-order valence-electron chi connectivity index (χ4n) is 3.17. The van der Waals surface area contributed by atoms with Crippen LogP contribution < -0.4 is 0 Å². The first kappa shape index (κ1) is 13.6. The smallest absolute Gasteiger partial charge is 0.123 e. The summed E-state index contributed by atoms with van der Waals surface area (Å²) in [7, 11) is 0. The Labute approximate surface area is 119 Å². The Balaban J connectivity index is 1.85. The molecule has 2 fully saturated rings. The van der Waals surface area contributed by atoms with Gasteiger partial charge in [0.05, 0.1) is 12.2 Å². The summed E-state index contributed by atoms with van der Waals surface area (Å²) in [6.45, 7) is 0.773. The second kappa shape index (κ2) is 5.54. The third-order valence-corrected chi connectivity index (χ3v) is 4.63. The molecule has 20 heavy (non-hydrogen) atoms. The molecule has 2 atom stereocenters. The van der Waals surface area contributed by atoms with Crippen LogP contribution in [0.3, 0.4) is 0 Å². The van der Waals surface area contributed by atoms with Crippen molar-refractivity contribution in [2.45, 2.75) is 50.0 Å². The van der Waals surface area contributed by atoms with Gasteiger partial charge in [0, 0.05) is 6.61 Å². The van der Waals surface area contributed by atoms with Crippen molar-refractivity contribution in [2.24, 2.45) is 5.92 Å². The molecular weight excluding hydrogens is 253 g/mol. The quantitative estimate of drug-likeness (QED) is 0.832. The van der Waals surface area contributed by atoms with E-state index in [0.717, 1.165) is 37.9 Å². The molecule has 106 valence electrons. The SMILES string of the molecule is N#CC1(c2ccc(F)cc2)CCCCC1OCC1CC1. The van der Waals surface area contributed by atoms with Crippen LogP contribution in [0.15, 0.2) is 24.3 Å². The summed E-state index contributed by atoms with van der Waals surface area (Å²) in [5, 5.41) is 9.79. The zero-order valence-electron chi connectivity index (χ0n) is 11.6. The molecule has 0 saturated heterocycles. The molecule has 2 unspecified atom stereocenters. The van der Waals surface area contributed by atoms with E-state index in [0.29, 0.717) is 5.92 Å². The van der Waals surface area contributed by atoms with Gasteiger partial charge in [-0.15, -0.1) is 0 Å². The fourth-order valence-corrected chi connectivity index (χ4v) is 3.17. The minimum Gasteiger partial charge on any atom is -0.376 e. The molecule has 0 heterocycles. The molecule has 2 saturated carbocycles. The fraction of sp³-hybridized carbons (Fsp3) is 0.588. The van der Waals surface area contributed by atoms with Crippen molar-refractivity contribution in [1.29, 1.82) is 5.26 Å². The van der Waals surface area contributed by atoms with E-state index in [-0.39, 0.29) is 11.9 Å². The normalized spacial score (nSPS) is 29.9. The Morgan fingerprint density at radius 3 is 2.60 bits per heavy atom. The van der Waals surface area contributed by atoms with E-state index >= 15 is 0 Å². The van der Waals surface area contributed by atoms with Gasteiger partial charge in [0.2, 0.25) is 0 Å². The maximum absolute atomic E-state index is 13.1. The molecule has 2 nitrogen and oxygen atoms in total. The highest BCUT2D eigenvalue weighted by atomic mass is 19.1. The molecule has 0 radical (unpaired) electrons. The molecule has 2 aliphatic carbocycles. The summed E-state index contributed by atoms with van der Waals surface area (Å²) in [6, 6.07) is 8.89. The van der Waals surface area contributed by atoms with Crippen LogP contribution >= 0.6 is 0 Å². The van der Waals surface area contributed by atoms with Crippen molar-refractivity contribution in [1.82, 2.24) is 0 Å². The lowest BCUT2D eigenvalue weighted by molar-refractivity contribution is -0.0147. The summed E-state index contributed by atoms with van der Waals surface area (Å²) >= 11 is 0. The Hall–Kier alpha value is -1.40. The number of halogens is 1. The number of nitriles is 1. The molecule has 0 N–H and O–H groups in total. The Morgan fingerprint density at radius 2 is 1.95 bits per heavy atom. The highest BCUT2D eigenvalue weighted by molar-refractivity contribution is 5.35. The van der Waals surface area contributed by atoms with E-state index in [9.17, 15) is 9.65 Å². The van der Waals surface area contributed by atoms with E-state index in [4.69, 9.17) is 4.74 Å². The molecule has 0 aliphatic heterocycles. The van der Waals surface area contributed by atoms with Gasteiger partial charge in [0.15, 0.2) is 0 Å². The van der Waals surface area contributed by atoms with Crippen LogP contribution in [0.4, 0.5) is 4.39 Å². The van der Waals surface area contributed by atoms with Gasteiger partial charge in [0.1, 0.15) is 11.2 Å². The monoisotopic (exact) mass is 273 g/mol. The van der Waals surface area contributed by atoms with Gasteiger partial charge in [-0.1, -0.05) is 25.0 Å². The Kier molecular flexibility index (Phi) is 3.76. The van der Waals surface area contributed by atoms with E-state index in [1.807, 2.05) is 0 Å². The lowest BCUT2D eigenvalue weighted by Gasteiger charge is -2.39. The van der Waals surface area contributed by atoms with Gasteiger partial charge in [-0.2, -0.15) is 5.26 Å². The van der Waals surface area contributed by atoms with Crippen LogP contribution in [0.5, 0.6) is 0 Å². The Morgan fingerprint density at radius 1 is 1.20 bits per heavy atom. The van der Waals surface area contributed by atoms with Crippen molar-refractivity contribution < 1.29 is 9.13 Å². The molecule has 0 amide bonds. The third kappa shape index (κ3) is 2.58. The number of hydrogen-bond donors (Lipinski definition) is 0. The van der Waals surface area contributed by atoms with E-state index in [1.54, 1.807) is 12.1 Å². The van der Waals surface area contributed by atoms with Gasteiger partial charge in [0.25, 0.3) is 0 Å². The van der Waals surface area contributed by atoms with E-state index < -0.39 is 5.41 Å². The predicted octanol–water partition coefficient (Wildman–Crippen LogP) is 3.96. The summed E-state index contributed by atoms with van der Waals surface area (Å²) in [5.41, 5.74) is 0.308. The number of benzene rings is 1. The Bertz CT molecular complexity index is 503. The average molecular weight is 273 g/mol. The van der Waals surface area contributed by atoms with Gasteiger partial charge in [-0.05, 0) is 49.3 Å². The van der Waals surface area contributed by atoms with Crippen LogP contribution in [-0.2, 0) is 10.2 Å². The van der Waals surface area contributed by atoms with Crippen molar-refractivity contribution in [3.63, 3.8) is 0 Å². The minimum absolute atomic E-state index is 0.0488. The molecule has 0 bridgehead atoms. The maximum Gasteiger partial charge on any atom is 0.123 e. The molecule has 0 spiro atoms. The predicted molar refractivity (Wildman–Crippen MR) is 74.6 cm³/mol. The van der Waals surface area contributed by atoms with E-state index in [1.165, 1.54) is 25.0 Å². The van der Waals surface area contributed by atoms with Crippen molar-refractivity contribution in [3.8, 4) is 6.07 Å². The van der Waals surface area contributed by atoms with Gasteiger partial charge < -0.3 is 4.74 Å². The molecule has 1 aromatic rings. The van der Waals surface area contributed by atoms with Crippen LogP contribution in [0.25, 0.3) is 0 Å². The van der Waals surface area contributed by atoms with Crippen LogP contribution in [0.2, 0.25) is 0 Å². The van der Waals surface area contributed by atoms with Crippen molar-refractivity contribution in [3.05, 3.63) is 35.6 Å². The van der Waals surface area contributed by atoms with Gasteiger partial charge in [-0.25, -0.2) is 4.39 Å². The molecule has 3 rings (SSSR count). The molecule has 0 aromatic heterocycles. The number of rotatable bonds is 4. The standard InChI is InChI=1S/C17H20FNO/c18-15-8-6-14(7-9-15)17(12-19)10-2-1-3-16(17)20-11-13-4-5-13/h6-9,13,16H,1-5,10-11H2. The highest BCUT2D eigenvalue weighted by Gasteiger charge is 2.44. The lowest BCUT2D eigenvalue weighted by Crippen LogP contribution is -2.43. The van der Waals surface area contributed by atoms with Crippen molar-refractivity contribution in [2.75, 3.05) is 6.61 Å². The summed E-state index contributed by atoms with van der Waals surface area (Å²) < 4.78 is 19.2. The second-order valence-corrected chi connectivity index (χ2v) is 6.10. The van der Waals surface area contributed by atoms with Crippen molar-refractivity contribution >= 4 is 0 Å². The topological polar surface area (TPSA) is 33.0 Å². The number of hydrogen-bond acceptors (Lipinski definition) is 2. The summed E-state index contributed by atoms with van der Waals surface area (Å²) in [6.07, 6.45) is 6.34. The zero-order valence-corrected chi connectivity index (χ0v) is 11.6. The highest BCUT2D eigenvalue weighted by Crippen LogP contribution is 2.42. The minimum atomic E-state index is -0.596. The van der Waals surface area contributed by atoms with E-state index in [2.05, 4.69) is 6.07 Å². The van der Waals surface area contributed by atoms with Gasteiger partial charge in [-0.3, -0.25) is 0 Å². The first-order valence-electron chi connectivity index (χ1n) is 7.53. The third-order valence-electron chi connectivity index (χ3n) is 4.63. The van der Waals surface area contributed by atoms with Crippen LogP contribution in [0, 0.1) is 23.1 Å².